The van der Waals surface area contributed by atoms with Crippen molar-refractivity contribution in [3.63, 3.8) is 0 Å². The summed E-state index contributed by atoms with van der Waals surface area (Å²) in [4.78, 5) is 40.1. The van der Waals surface area contributed by atoms with E-state index in [9.17, 15) is 27.6 Å². The number of rotatable bonds is 3. The minimum atomic E-state index is -4.38. The predicted molar refractivity (Wildman–Crippen MR) is 107 cm³/mol. The summed E-state index contributed by atoms with van der Waals surface area (Å²) in [6.07, 6.45) is -4.18. The molecule has 0 saturated carbocycles. The third-order valence-corrected chi connectivity index (χ3v) is 6.13. The maximum absolute atomic E-state index is 13.1. The zero-order valence-electron chi connectivity index (χ0n) is 16.9. The monoisotopic (exact) mass is 433 g/mol. The Morgan fingerprint density at radius 1 is 1.16 bits per heavy atom. The summed E-state index contributed by atoms with van der Waals surface area (Å²) in [6.45, 7) is 0.700. The van der Waals surface area contributed by atoms with Crippen molar-refractivity contribution in [3.8, 4) is 0 Å². The number of amides is 4. The quantitative estimate of drug-likeness (QED) is 0.755. The standard InChI is InChI=1S/C22H22F3N3O3/c1-21(16-9-8-14-5-2-3-6-15(14)11-16)19(30)28(20(31)26-21)13-18(29)27-10-4-7-17(12-27)22(23,24)25/h2-3,5-6,8-9,11,17H,4,7,10,12-13H2,1H3,(H,26,31)/t17-,21+/m1/s1. The van der Waals surface area contributed by atoms with Crippen molar-refractivity contribution in [2.24, 2.45) is 5.92 Å². The van der Waals surface area contributed by atoms with Crippen molar-refractivity contribution >= 4 is 28.6 Å². The topological polar surface area (TPSA) is 69.7 Å². The maximum atomic E-state index is 13.1. The normalized spacial score (nSPS) is 24.6. The molecule has 2 aromatic carbocycles. The zero-order chi connectivity index (χ0) is 22.4. The molecule has 9 heteroatoms. The van der Waals surface area contributed by atoms with Gasteiger partial charge in [0.15, 0.2) is 0 Å². The van der Waals surface area contributed by atoms with Gasteiger partial charge in [0.05, 0.1) is 5.92 Å². The first-order chi connectivity index (χ1) is 14.6. The maximum Gasteiger partial charge on any atom is 0.393 e. The summed E-state index contributed by atoms with van der Waals surface area (Å²) in [6, 6.07) is 12.2. The Kier molecular flexibility index (Phi) is 5.15. The van der Waals surface area contributed by atoms with Gasteiger partial charge < -0.3 is 10.2 Å². The van der Waals surface area contributed by atoms with Gasteiger partial charge in [0.25, 0.3) is 5.91 Å². The lowest BCUT2D eigenvalue weighted by Gasteiger charge is -2.34. The van der Waals surface area contributed by atoms with E-state index >= 15 is 0 Å². The van der Waals surface area contributed by atoms with E-state index in [2.05, 4.69) is 5.32 Å². The van der Waals surface area contributed by atoms with E-state index in [4.69, 9.17) is 0 Å². The number of nitrogens with zero attached hydrogens (tertiary/aromatic N) is 2. The molecule has 4 amide bonds. The highest BCUT2D eigenvalue weighted by molar-refractivity contribution is 6.09. The fourth-order valence-corrected chi connectivity index (χ4v) is 4.24. The fourth-order valence-electron chi connectivity index (χ4n) is 4.24. The molecule has 4 rings (SSSR count). The Morgan fingerprint density at radius 3 is 2.58 bits per heavy atom. The molecule has 2 aliphatic heterocycles. The van der Waals surface area contributed by atoms with E-state index in [0.717, 1.165) is 20.6 Å². The molecule has 0 bridgehead atoms. The minimum absolute atomic E-state index is 0.0313. The summed E-state index contributed by atoms with van der Waals surface area (Å²) in [7, 11) is 0. The molecule has 6 nitrogen and oxygen atoms in total. The lowest BCUT2D eigenvalue weighted by Crippen LogP contribution is -2.49. The molecular weight excluding hydrogens is 411 g/mol. The first-order valence-corrected chi connectivity index (χ1v) is 10.1. The van der Waals surface area contributed by atoms with Gasteiger partial charge in [0, 0.05) is 13.1 Å². The van der Waals surface area contributed by atoms with Crippen LogP contribution in [0.3, 0.4) is 0 Å². The van der Waals surface area contributed by atoms with E-state index in [1.165, 1.54) is 0 Å². The Balaban J connectivity index is 1.52. The van der Waals surface area contributed by atoms with Crippen molar-refractivity contribution in [1.29, 1.82) is 0 Å². The summed E-state index contributed by atoms with van der Waals surface area (Å²) in [5, 5.41) is 4.51. The van der Waals surface area contributed by atoms with Gasteiger partial charge in [-0.15, -0.1) is 0 Å². The molecule has 0 spiro atoms. The SMILES string of the molecule is C[C@@]1(c2ccc3ccccc3c2)NC(=O)N(CC(=O)N2CCC[C@@H](C(F)(F)F)C2)C1=O. The van der Waals surface area contributed by atoms with Crippen molar-refractivity contribution in [2.45, 2.75) is 31.5 Å². The summed E-state index contributed by atoms with van der Waals surface area (Å²) in [5.74, 6) is -2.86. The minimum Gasteiger partial charge on any atom is -0.341 e. The van der Waals surface area contributed by atoms with E-state index in [1.807, 2.05) is 30.3 Å². The number of nitrogens with one attached hydrogen (secondary N) is 1. The zero-order valence-corrected chi connectivity index (χ0v) is 16.9. The Labute approximate surface area is 177 Å². The third-order valence-electron chi connectivity index (χ3n) is 6.13. The molecule has 2 heterocycles. The molecule has 0 unspecified atom stereocenters. The molecule has 0 radical (unpaired) electrons. The van der Waals surface area contributed by atoms with Gasteiger partial charge in [0.2, 0.25) is 5.91 Å². The molecule has 2 fully saturated rings. The second-order valence-electron chi connectivity index (χ2n) is 8.23. The first-order valence-electron chi connectivity index (χ1n) is 10.1. The smallest absolute Gasteiger partial charge is 0.341 e. The Hall–Kier alpha value is -3.10. The third kappa shape index (κ3) is 3.84. The van der Waals surface area contributed by atoms with Crippen LogP contribution in [0.1, 0.15) is 25.3 Å². The van der Waals surface area contributed by atoms with Crippen molar-refractivity contribution in [3.05, 3.63) is 48.0 Å². The number of hydrogen-bond acceptors (Lipinski definition) is 3. The molecule has 1 N–H and O–H groups in total. The number of benzene rings is 2. The van der Waals surface area contributed by atoms with Crippen LogP contribution in [0.15, 0.2) is 42.5 Å². The van der Waals surface area contributed by atoms with Crippen LogP contribution in [0, 0.1) is 5.92 Å². The number of carbonyl (C=O) groups is 3. The van der Waals surface area contributed by atoms with Crippen LogP contribution in [-0.4, -0.2) is 53.5 Å². The average molecular weight is 433 g/mol. The van der Waals surface area contributed by atoms with Crippen LogP contribution in [0.4, 0.5) is 18.0 Å². The fraction of sp³-hybridized carbons (Fsp3) is 0.409. The van der Waals surface area contributed by atoms with Crippen LogP contribution >= 0.6 is 0 Å². The van der Waals surface area contributed by atoms with E-state index < -0.39 is 48.6 Å². The molecule has 164 valence electrons. The molecule has 0 aliphatic carbocycles. The second kappa shape index (κ2) is 7.55. The summed E-state index contributed by atoms with van der Waals surface area (Å²) >= 11 is 0. The molecule has 2 aliphatic rings. The second-order valence-corrected chi connectivity index (χ2v) is 8.23. The predicted octanol–water partition coefficient (Wildman–Crippen LogP) is 3.41. The highest BCUT2D eigenvalue weighted by atomic mass is 19.4. The van der Waals surface area contributed by atoms with Crippen LogP contribution in [0.5, 0.6) is 0 Å². The highest BCUT2D eigenvalue weighted by Gasteiger charge is 2.50. The Morgan fingerprint density at radius 2 is 1.87 bits per heavy atom. The summed E-state index contributed by atoms with van der Waals surface area (Å²) in [5.41, 5.74) is -0.799. The number of halogens is 3. The van der Waals surface area contributed by atoms with E-state index in [-0.39, 0.29) is 19.4 Å². The highest BCUT2D eigenvalue weighted by Crippen LogP contribution is 2.34. The lowest BCUT2D eigenvalue weighted by atomic mass is 9.90. The van der Waals surface area contributed by atoms with Crippen molar-refractivity contribution in [1.82, 2.24) is 15.1 Å². The van der Waals surface area contributed by atoms with Gasteiger partial charge >= 0.3 is 12.2 Å². The number of hydrogen-bond donors (Lipinski definition) is 1. The summed E-state index contributed by atoms with van der Waals surface area (Å²) < 4.78 is 39.1. The van der Waals surface area contributed by atoms with Crippen LogP contribution in [0.2, 0.25) is 0 Å². The number of likely N-dealkylation sites (tertiary alicyclic amines) is 1. The van der Waals surface area contributed by atoms with Gasteiger partial charge in [-0.3, -0.25) is 14.5 Å². The number of alkyl halides is 3. The molecule has 31 heavy (non-hydrogen) atoms. The number of carbonyl (C=O) groups excluding carboxylic acids is 3. The van der Waals surface area contributed by atoms with Gasteiger partial charge in [-0.1, -0.05) is 36.4 Å². The van der Waals surface area contributed by atoms with E-state index in [1.54, 1.807) is 19.1 Å². The molecule has 2 saturated heterocycles. The van der Waals surface area contributed by atoms with E-state index in [0.29, 0.717) is 5.56 Å². The van der Waals surface area contributed by atoms with Crippen molar-refractivity contribution < 1.29 is 27.6 Å². The number of imide groups is 1. The lowest BCUT2D eigenvalue weighted by molar-refractivity contribution is -0.188. The van der Waals surface area contributed by atoms with Crippen LogP contribution in [0.25, 0.3) is 10.8 Å². The largest absolute Gasteiger partial charge is 0.393 e. The molecule has 2 atom stereocenters. The van der Waals surface area contributed by atoms with Gasteiger partial charge in [-0.25, -0.2) is 4.79 Å². The Bertz CT molecular complexity index is 1050. The number of piperidine rings is 1. The van der Waals surface area contributed by atoms with Crippen LogP contribution in [-0.2, 0) is 15.1 Å². The van der Waals surface area contributed by atoms with Gasteiger partial charge in [-0.05, 0) is 42.2 Å². The van der Waals surface area contributed by atoms with Crippen molar-refractivity contribution in [2.75, 3.05) is 19.6 Å². The van der Waals surface area contributed by atoms with Gasteiger partial charge in [-0.2, -0.15) is 13.2 Å². The first kappa shape index (κ1) is 21.1. The average Bonchev–Trinajstić information content (AvgIpc) is 2.96. The molecule has 2 aromatic rings. The number of fused-ring (bicyclic) bond motifs is 1. The molecular formula is C22H22F3N3O3. The number of urea groups is 1. The molecule has 0 aromatic heterocycles. The van der Waals surface area contributed by atoms with Crippen LogP contribution < -0.4 is 5.32 Å². The van der Waals surface area contributed by atoms with Gasteiger partial charge in [0.1, 0.15) is 12.1 Å².